The summed E-state index contributed by atoms with van der Waals surface area (Å²) in [5.74, 6) is -1.15. The van der Waals surface area contributed by atoms with Crippen LogP contribution in [0.5, 0.6) is 5.75 Å². The van der Waals surface area contributed by atoms with Crippen LogP contribution in [0.3, 0.4) is 0 Å². The van der Waals surface area contributed by atoms with Gasteiger partial charge >= 0.3 is 0 Å². The van der Waals surface area contributed by atoms with E-state index in [4.69, 9.17) is 10.5 Å². The van der Waals surface area contributed by atoms with Crippen molar-refractivity contribution >= 4 is 10.8 Å². The molecule has 2 N–H and O–H groups in total. The molecule has 0 aliphatic carbocycles. The second-order valence-corrected chi connectivity index (χ2v) is 5.87. The fraction of sp³-hybridized carbons (Fsp3) is 0.200. The van der Waals surface area contributed by atoms with Gasteiger partial charge in [-0.2, -0.15) is 0 Å². The summed E-state index contributed by atoms with van der Waals surface area (Å²) in [7, 11) is 0.0671. The van der Waals surface area contributed by atoms with Crippen molar-refractivity contribution in [2.45, 2.75) is 17.2 Å². The molecule has 112 valence electrons. The van der Waals surface area contributed by atoms with Gasteiger partial charge in [0.2, 0.25) is 0 Å². The number of ether oxygens (including phenoxy) is 1. The second-order valence-electron chi connectivity index (χ2n) is 4.42. The molecule has 6 heteroatoms. The highest BCUT2D eigenvalue weighted by Gasteiger charge is 2.11. The van der Waals surface area contributed by atoms with Gasteiger partial charge in [-0.25, -0.2) is 8.78 Å². The molecule has 2 aromatic carbocycles. The lowest BCUT2D eigenvalue weighted by molar-refractivity contribution is 0.409. The van der Waals surface area contributed by atoms with Gasteiger partial charge < -0.3 is 10.5 Å². The fourth-order valence-electron chi connectivity index (χ4n) is 1.90. The molecule has 2 aromatic rings. The minimum Gasteiger partial charge on any atom is -0.496 e. The van der Waals surface area contributed by atoms with Crippen molar-refractivity contribution in [1.82, 2.24) is 0 Å². The molecule has 0 aromatic heterocycles. The monoisotopic (exact) mass is 311 g/mol. The van der Waals surface area contributed by atoms with Crippen molar-refractivity contribution < 1.29 is 17.7 Å². The van der Waals surface area contributed by atoms with Gasteiger partial charge in [-0.1, -0.05) is 12.1 Å². The molecule has 0 bridgehead atoms. The first-order valence-electron chi connectivity index (χ1n) is 6.24. The van der Waals surface area contributed by atoms with Gasteiger partial charge in [0.05, 0.1) is 23.7 Å². The lowest BCUT2D eigenvalue weighted by atomic mass is 10.1. The fourth-order valence-corrected chi connectivity index (χ4v) is 3.00. The van der Waals surface area contributed by atoms with E-state index in [9.17, 15) is 13.0 Å². The number of rotatable bonds is 5. The molecule has 0 saturated heterocycles. The number of methoxy groups -OCH3 is 1. The highest BCUT2D eigenvalue weighted by Crippen LogP contribution is 2.22. The first kappa shape index (κ1) is 15.6. The van der Waals surface area contributed by atoms with Gasteiger partial charge in [0.25, 0.3) is 0 Å². The van der Waals surface area contributed by atoms with Crippen LogP contribution in [0.4, 0.5) is 8.78 Å². The van der Waals surface area contributed by atoms with E-state index in [0.717, 1.165) is 23.3 Å². The highest BCUT2D eigenvalue weighted by molar-refractivity contribution is 7.84. The smallest absolute Gasteiger partial charge is 0.160 e. The molecule has 0 spiro atoms. The van der Waals surface area contributed by atoms with E-state index < -0.39 is 22.4 Å². The number of benzene rings is 2. The molecule has 0 heterocycles. The summed E-state index contributed by atoms with van der Waals surface area (Å²) in [6.07, 6.45) is 0. The minimum atomic E-state index is -1.47. The topological polar surface area (TPSA) is 52.3 Å². The number of hydrogen-bond donors (Lipinski definition) is 1. The first-order chi connectivity index (χ1) is 10.0. The molecule has 0 amide bonds. The summed E-state index contributed by atoms with van der Waals surface area (Å²) < 4.78 is 43.4. The molecule has 1 atom stereocenters. The Morgan fingerprint density at radius 3 is 2.52 bits per heavy atom. The number of hydrogen-bond acceptors (Lipinski definition) is 3. The lowest BCUT2D eigenvalue weighted by Gasteiger charge is -2.09. The molecule has 0 aliphatic rings. The summed E-state index contributed by atoms with van der Waals surface area (Å²) in [5, 5.41) is 0. The highest BCUT2D eigenvalue weighted by atomic mass is 32.2. The molecular formula is C15H15F2NO2S. The summed E-state index contributed by atoms with van der Waals surface area (Å²) in [6.45, 7) is 0.343. The molecule has 2 rings (SSSR count). The van der Waals surface area contributed by atoms with Crippen molar-refractivity contribution in [3.8, 4) is 5.75 Å². The van der Waals surface area contributed by atoms with Crippen molar-refractivity contribution in [3.63, 3.8) is 0 Å². The summed E-state index contributed by atoms with van der Waals surface area (Å²) >= 11 is 0. The Labute approximate surface area is 124 Å². The van der Waals surface area contributed by atoms with Crippen molar-refractivity contribution in [2.24, 2.45) is 5.73 Å². The van der Waals surface area contributed by atoms with E-state index in [1.807, 2.05) is 0 Å². The zero-order valence-electron chi connectivity index (χ0n) is 11.4. The van der Waals surface area contributed by atoms with Gasteiger partial charge in [-0.3, -0.25) is 4.21 Å². The van der Waals surface area contributed by atoms with Crippen LogP contribution in [0.15, 0.2) is 41.3 Å². The molecule has 0 aliphatic heterocycles. The van der Waals surface area contributed by atoms with E-state index in [-0.39, 0.29) is 10.6 Å². The Kier molecular flexibility index (Phi) is 5.03. The summed E-state index contributed by atoms with van der Waals surface area (Å²) in [6, 6.07) is 8.59. The Bertz CT molecular complexity index is 677. The second kappa shape index (κ2) is 6.78. The Hall–Kier alpha value is -1.79. The van der Waals surface area contributed by atoms with Crippen LogP contribution in [0.2, 0.25) is 0 Å². The largest absolute Gasteiger partial charge is 0.496 e. The number of nitrogens with two attached hydrogens (primary N) is 1. The quantitative estimate of drug-likeness (QED) is 0.924. The molecule has 0 saturated carbocycles. The maximum atomic E-state index is 13.2. The van der Waals surface area contributed by atoms with E-state index in [1.54, 1.807) is 18.2 Å². The van der Waals surface area contributed by atoms with Crippen LogP contribution in [0, 0.1) is 11.6 Å². The molecule has 1 unspecified atom stereocenters. The van der Waals surface area contributed by atoms with Crippen molar-refractivity contribution in [3.05, 3.63) is 59.2 Å². The standard InChI is InChI=1S/C15H15F2NO2S/c1-20-15-6-10(2-3-11(15)8-18)9-21(19)12-4-5-13(16)14(17)7-12/h2-7H,8-9,18H2,1H3. The zero-order chi connectivity index (χ0) is 15.4. The predicted octanol–water partition coefficient (Wildman–Crippen LogP) is 2.74. The third kappa shape index (κ3) is 3.65. The third-order valence-electron chi connectivity index (χ3n) is 3.02. The van der Waals surface area contributed by atoms with Crippen LogP contribution < -0.4 is 10.5 Å². The normalized spacial score (nSPS) is 12.2. The lowest BCUT2D eigenvalue weighted by Crippen LogP contribution is -2.02. The van der Waals surface area contributed by atoms with Gasteiger partial charge in [0.1, 0.15) is 5.75 Å². The molecule has 3 nitrogen and oxygen atoms in total. The summed E-state index contributed by atoms with van der Waals surface area (Å²) in [5.41, 5.74) is 7.20. The SMILES string of the molecule is COc1cc(CS(=O)c2ccc(F)c(F)c2)ccc1CN. The van der Waals surface area contributed by atoms with Crippen LogP contribution in [-0.2, 0) is 23.1 Å². The van der Waals surface area contributed by atoms with Crippen LogP contribution >= 0.6 is 0 Å². The van der Waals surface area contributed by atoms with E-state index in [0.29, 0.717) is 12.3 Å². The van der Waals surface area contributed by atoms with Crippen molar-refractivity contribution in [2.75, 3.05) is 7.11 Å². The zero-order valence-corrected chi connectivity index (χ0v) is 12.3. The van der Waals surface area contributed by atoms with Gasteiger partial charge in [-0.15, -0.1) is 0 Å². The summed E-state index contributed by atoms with van der Waals surface area (Å²) in [4.78, 5) is 0.246. The van der Waals surface area contributed by atoms with Crippen LogP contribution in [0.1, 0.15) is 11.1 Å². The van der Waals surface area contributed by atoms with E-state index >= 15 is 0 Å². The Morgan fingerprint density at radius 2 is 1.90 bits per heavy atom. The Balaban J connectivity index is 2.21. The first-order valence-corrected chi connectivity index (χ1v) is 7.56. The van der Waals surface area contributed by atoms with Gasteiger partial charge in [-0.05, 0) is 29.8 Å². The average molecular weight is 311 g/mol. The van der Waals surface area contributed by atoms with Crippen LogP contribution in [0.25, 0.3) is 0 Å². The van der Waals surface area contributed by atoms with E-state index in [1.165, 1.54) is 13.2 Å². The Morgan fingerprint density at radius 1 is 1.14 bits per heavy atom. The minimum absolute atomic E-state index is 0.187. The van der Waals surface area contributed by atoms with Crippen molar-refractivity contribution in [1.29, 1.82) is 0 Å². The third-order valence-corrected chi connectivity index (χ3v) is 4.40. The predicted molar refractivity (Wildman–Crippen MR) is 77.4 cm³/mol. The molecule has 0 fully saturated rings. The number of halogens is 2. The van der Waals surface area contributed by atoms with Crippen LogP contribution in [-0.4, -0.2) is 11.3 Å². The van der Waals surface area contributed by atoms with E-state index in [2.05, 4.69) is 0 Å². The van der Waals surface area contributed by atoms with Gasteiger partial charge in [0, 0.05) is 17.0 Å². The maximum absolute atomic E-state index is 13.2. The average Bonchev–Trinajstić information content (AvgIpc) is 2.49. The maximum Gasteiger partial charge on any atom is 0.160 e. The molecule has 21 heavy (non-hydrogen) atoms. The molecule has 0 radical (unpaired) electrons. The molecular weight excluding hydrogens is 296 g/mol. The van der Waals surface area contributed by atoms with Gasteiger partial charge in [0.15, 0.2) is 11.6 Å².